The first-order valence-electron chi connectivity index (χ1n) is 11.1. The van der Waals surface area contributed by atoms with Gasteiger partial charge >= 0.3 is 0 Å². The maximum Gasteiger partial charge on any atom is 0.266 e. The van der Waals surface area contributed by atoms with E-state index in [1.165, 1.54) is 17.0 Å². The molecule has 1 amide bonds. The number of nitrogens with zero attached hydrogens (tertiary/aromatic N) is 3. The molecule has 1 unspecified atom stereocenters. The minimum Gasteiger partial charge on any atom is -0.459 e. The van der Waals surface area contributed by atoms with Crippen LogP contribution in [-0.4, -0.2) is 24.0 Å². The molecule has 0 radical (unpaired) electrons. The van der Waals surface area contributed by atoms with E-state index in [9.17, 15) is 10.1 Å². The highest BCUT2D eigenvalue weighted by atomic mass is 16.4. The van der Waals surface area contributed by atoms with Crippen LogP contribution < -0.4 is 10.2 Å². The summed E-state index contributed by atoms with van der Waals surface area (Å²) in [5, 5.41) is 15.0. The fourth-order valence-electron chi connectivity index (χ4n) is 4.34. The molecule has 0 bridgehead atoms. The number of carbonyl (C=O) groups is 1. The van der Waals surface area contributed by atoms with E-state index in [2.05, 4.69) is 46.7 Å². The summed E-state index contributed by atoms with van der Waals surface area (Å²) in [5.41, 5.74) is 1.32. The van der Waals surface area contributed by atoms with E-state index >= 15 is 0 Å². The molecule has 1 N–H and O–H groups in total. The van der Waals surface area contributed by atoms with E-state index in [-0.39, 0.29) is 29.5 Å². The number of furan rings is 1. The number of carbonyl (C=O) groups excluding carboxylic acids is 1. The van der Waals surface area contributed by atoms with Crippen molar-refractivity contribution in [3.63, 3.8) is 0 Å². The van der Waals surface area contributed by atoms with Gasteiger partial charge < -0.3 is 19.1 Å². The van der Waals surface area contributed by atoms with Crippen LogP contribution >= 0.6 is 0 Å². The van der Waals surface area contributed by atoms with Crippen LogP contribution in [-0.2, 0) is 4.79 Å². The van der Waals surface area contributed by atoms with Crippen LogP contribution in [0.2, 0.25) is 0 Å². The number of oxazole rings is 1. The molecule has 5 rings (SSSR count). The zero-order chi connectivity index (χ0) is 22.8. The molecule has 1 aliphatic rings. The molecular formula is C26H24N4O3. The van der Waals surface area contributed by atoms with Crippen molar-refractivity contribution in [2.45, 2.75) is 25.8 Å². The molecular weight excluding hydrogens is 416 g/mol. The number of benzene rings is 2. The predicted octanol–water partition coefficient (Wildman–Crippen LogP) is 5.05. The van der Waals surface area contributed by atoms with Crippen molar-refractivity contribution < 1.29 is 13.6 Å². The average Bonchev–Trinajstić information content (AvgIpc) is 3.54. The van der Waals surface area contributed by atoms with Crippen molar-refractivity contribution in [3.05, 3.63) is 72.1 Å². The first-order chi connectivity index (χ1) is 16.1. The normalized spacial score (nSPS) is 15.3. The minimum atomic E-state index is -0.0813. The van der Waals surface area contributed by atoms with Crippen LogP contribution in [0.4, 0.5) is 5.88 Å². The van der Waals surface area contributed by atoms with Crippen LogP contribution in [0.15, 0.2) is 69.7 Å². The Morgan fingerprint density at radius 3 is 2.67 bits per heavy atom. The Balaban J connectivity index is 1.22. The summed E-state index contributed by atoms with van der Waals surface area (Å²) in [6.07, 6.45) is 2.89. The topological polar surface area (TPSA) is 95.3 Å². The Bertz CT molecular complexity index is 1310. The van der Waals surface area contributed by atoms with E-state index in [1.54, 1.807) is 12.1 Å². The van der Waals surface area contributed by atoms with Crippen LogP contribution in [0, 0.1) is 17.2 Å². The van der Waals surface area contributed by atoms with Crippen molar-refractivity contribution in [1.82, 2.24) is 10.3 Å². The van der Waals surface area contributed by atoms with Gasteiger partial charge in [-0.1, -0.05) is 36.4 Å². The molecule has 7 heteroatoms. The van der Waals surface area contributed by atoms with Gasteiger partial charge in [-0.05, 0) is 54.3 Å². The van der Waals surface area contributed by atoms with Gasteiger partial charge in [0.2, 0.25) is 17.5 Å². The van der Waals surface area contributed by atoms with Crippen LogP contribution in [0.3, 0.4) is 0 Å². The molecule has 1 atom stereocenters. The highest BCUT2D eigenvalue weighted by molar-refractivity contribution is 5.84. The Kier molecular flexibility index (Phi) is 5.57. The van der Waals surface area contributed by atoms with Crippen molar-refractivity contribution in [3.8, 4) is 17.7 Å². The van der Waals surface area contributed by atoms with E-state index in [0.717, 1.165) is 5.56 Å². The second kappa shape index (κ2) is 8.83. The molecule has 2 aromatic heterocycles. The van der Waals surface area contributed by atoms with E-state index in [4.69, 9.17) is 8.83 Å². The standard InChI is InChI=1S/C26H24N4O3/c1-17(20-9-8-18-5-2-3-6-21(18)15-20)28-24(31)19-10-12-30(13-11-19)26-22(16-27)29-25(33-26)23-7-4-14-32-23/h2-9,14-15,17,19H,10-13H2,1H3,(H,28,31). The number of nitrogens with one attached hydrogen (secondary N) is 1. The summed E-state index contributed by atoms with van der Waals surface area (Å²) in [6.45, 7) is 3.24. The number of fused-ring (bicyclic) bond motifs is 1. The van der Waals surface area contributed by atoms with Gasteiger partial charge in [0.1, 0.15) is 6.07 Å². The number of anilines is 1. The third-order valence-corrected chi connectivity index (χ3v) is 6.23. The fourth-order valence-corrected chi connectivity index (χ4v) is 4.34. The number of rotatable bonds is 5. The molecule has 1 aliphatic heterocycles. The van der Waals surface area contributed by atoms with Gasteiger partial charge in [-0.2, -0.15) is 10.2 Å². The highest BCUT2D eigenvalue weighted by Gasteiger charge is 2.30. The molecule has 166 valence electrons. The lowest BCUT2D eigenvalue weighted by Gasteiger charge is -2.31. The van der Waals surface area contributed by atoms with Crippen LogP contribution in [0.5, 0.6) is 0 Å². The number of hydrogen-bond acceptors (Lipinski definition) is 6. The van der Waals surface area contributed by atoms with Gasteiger partial charge in [-0.3, -0.25) is 4.79 Å². The third-order valence-electron chi connectivity index (χ3n) is 6.23. The number of amides is 1. The fraction of sp³-hybridized carbons (Fsp3) is 0.269. The lowest BCUT2D eigenvalue weighted by atomic mass is 9.95. The van der Waals surface area contributed by atoms with E-state index in [0.29, 0.717) is 37.6 Å². The zero-order valence-corrected chi connectivity index (χ0v) is 18.3. The zero-order valence-electron chi connectivity index (χ0n) is 18.3. The summed E-state index contributed by atoms with van der Waals surface area (Å²) in [7, 11) is 0. The van der Waals surface area contributed by atoms with Gasteiger partial charge in [0.05, 0.1) is 12.3 Å². The summed E-state index contributed by atoms with van der Waals surface area (Å²) in [5.74, 6) is 1.18. The third kappa shape index (κ3) is 4.20. The molecule has 1 saturated heterocycles. The van der Waals surface area contributed by atoms with Crippen LogP contribution in [0.1, 0.15) is 37.1 Å². The largest absolute Gasteiger partial charge is 0.459 e. The van der Waals surface area contributed by atoms with Crippen molar-refractivity contribution in [2.24, 2.45) is 5.92 Å². The van der Waals surface area contributed by atoms with Crippen molar-refractivity contribution >= 4 is 22.6 Å². The van der Waals surface area contributed by atoms with Crippen LogP contribution in [0.25, 0.3) is 22.4 Å². The van der Waals surface area contributed by atoms with Gasteiger partial charge in [0, 0.05) is 19.0 Å². The maximum atomic E-state index is 12.9. The minimum absolute atomic E-state index is 0.0599. The second-order valence-electron chi connectivity index (χ2n) is 8.36. The Morgan fingerprint density at radius 2 is 1.94 bits per heavy atom. The highest BCUT2D eigenvalue weighted by Crippen LogP contribution is 2.31. The number of hydrogen-bond donors (Lipinski definition) is 1. The first-order valence-corrected chi connectivity index (χ1v) is 11.1. The number of aromatic nitrogens is 1. The second-order valence-corrected chi connectivity index (χ2v) is 8.36. The molecule has 3 heterocycles. The monoisotopic (exact) mass is 440 g/mol. The van der Waals surface area contributed by atoms with Gasteiger partial charge in [0.25, 0.3) is 5.89 Å². The molecule has 1 fully saturated rings. The molecule has 4 aromatic rings. The molecule has 2 aromatic carbocycles. The Labute approximate surface area is 191 Å². The quantitative estimate of drug-likeness (QED) is 0.466. The lowest BCUT2D eigenvalue weighted by molar-refractivity contribution is -0.126. The van der Waals surface area contributed by atoms with E-state index in [1.807, 2.05) is 24.0 Å². The first kappa shape index (κ1) is 20.8. The molecule has 0 saturated carbocycles. The summed E-state index contributed by atoms with van der Waals surface area (Å²) in [6, 6.07) is 20.0. The molecule has 0 aliphatic carbocycles. The molecule has 33 heavy (non-hydrogen) atoms. The molecule has 7 nitrogen and oxygen atoms in total. The summed E-state index contributed by atoms with van der Waals surface area (Å²) in [4.78, 5) is 19.2. The van der Waals surface area contributed by atoms with Gasteiger partial charge in [0.15, 0.2) is 5.76 Å². The lowest BCUT2D eigenvalue weighted by Crippen LogP contribution is -2.41. The van der Waals surface area contributed by atoms with Gasteiger partial charge in [-0.25, -0.2) is 0 Å². The van der Waals surface area contributed by atoms with Gasteiger partial charge in [-0.15, -0.1) is 0 Å². The SMILES string of the molecule is CC(NC(=O)C1CCN(c2oc(-c3ccco3)nc2C#N)CC1)c1ccc2ccccc2c1. The van der Waals surface area contributed by atoms with E-state index < -0.39 is 0 Å². The smallest absolute Gasteiger partial charge is 0.266 e. The number of nitriles is 1. The van der Waals surface area contributed by atoms with Crippen molar-refractivity contribution in [2.75, 3.05) is 18.0 Å². The predicted molar refractivity (Wildman–Crippen MR) is 124 cm³/mol. The summed E-state index contributed by atoms with van der Waals surface area (Å²) < 4.78 is 11.2. The maximum absolute atomic E-state index is 12.9. The average molecular weight is 441 g/mol. The van der Waals surface area contributed by atoms with Crippen molar-refractivity contribution in [1.29, 1.82) is 5.26 Å². The summed E-state index contributed by atoms with van der Waals surface area (Å²) >= 11 is 0. The number of piperidine rings is 1. The Morgan fingerprint density at radius 1 is 1.15 bits per heavy atom. The Hall–Kier alpha value is -4.05. The molecule has 0 spiro atoms.